The number of carbonyl (C=O) groups is 1. The quantitative estimate of drug-likeness (QED) is 0.212. The van der Waals surface area contributed by atoms with Gasteiger partial charge in [-0.15, -0.1) is 0 Å². The third-order valence-electron chi connectivity index (χ3n) is 7.50. The molecular weight excluding hydrogens is 579 g/mol. The van der Waals surface area contributed by atoms with Crippen molar-refractivity contribution in [3.05, 3.63) is 110 Å². The standard InChI is InChI=1S/C31H28Cl2N4O5/c1-35-27(38)18-36(30(35)39)14-2-16-41-22-8-3-19(4-9-22)29-28-24(25-17-21(33)7-12-26(25)34-28)13-15-37(29)31(40)42-23-10-5-20(32)6-11-23/h3-12,17-18,29,34,38H,2,13-16H2,1H3. The minimum atomic E-state index is -0.466. The van der Waals surface area contributed by atoms with E-state index in [1.807, 2.05) is 42.5 Å². The fourth-order valence-corrected chi connectivity index (χ4v) is 5.67. The Balaban J connectivity index is 1.23. The zero-order chi connectivity index (χ0) is 29.4. The zero-order valence-corrected chi connectivity index (χ0v) is 24.2. The number of aromatic amines is 1. The summed E-state index contributed by atoms with van der Waals surface area (Å²) in [4.78, 5) is 30.8. The second-order valence-electron chi connectivity index (χ2n) is 10.2. The van der Waals surface area contributed by atoms with Crippen LogP contribution in [0.3, 0.4) is 0 Å². The van der Waals surface area contributed by atoms with E-state index in [4.69, 9.17) is 32.7 Å². The highest BCUT2D eigenvalue weighted by Crippen LogP contribution is 2.40. The summed E-state index contributed by atoms with van der Waals surface area (Å²) in [5, 5.41) is 12.0. The Morgan fingerprint density at radius 2 is 1.74 bits per heavy atom. The monoisotopic (exact) mass is 606 g/mol. The number of nitrogens with zero attached hydrogens (tertiary/aromatic N) is 3. The lowest BCUT2D eigenvalue weighted by Crippen LogP contribution is -2.42. The summed E-state index contributed by atoms with van der Waals surface area (Å²) in [6.07, 6.45) is 2.17. The normalized spacial score (nSPS) is 14.6. The van der Waals surface area contributed by atoms with E-state index in [9.17, 15) is 14.7 Å². The first-order chi connectivity index (χ1) is 20.3. The molecule has 11 heteroatoms. The number of ether oxygens (including phenoxy) is 2. The van der Waals surface area contributed by atoms with Gasteiger partial charge in [0.15, 0.2) is 0 Å². The molecule has 216 valence electrons. The lowest BCUT2D eigenvalue weighted by atomic mass is 9.92. The van der Waals surface area contributed by atoms with E-state index in [2.05, 4.69) is 4.98 Å². The Hall–Kier alpha value is -4.34. The van der Waals surface area contributed by atoms with Crippen LogP contribution in [0.2, 0.25) is 10.0 Å². The Kier molecular flexibility index (Phi) is 7.62. The molecule has 0 spiro atoms. The SMILES string of the molecule is Cn1c(O)cn(CCCOc2ccc(C3c4[nH]c5ccc(Cl)cc5c4CCN3C(=O)Oc3ccc(Cl)cc3)cc2)c1=O. The molecule has 6 rings (SSSR count). The number of carbonyl (C=O) groups excluding carboxylic acids is 1. The second kappa shape index (κ2) is 11.5. The van der Waals surface area contributed by atoms with E-state index in [0.29, 0.717) is 54.1 Å². The van der Waals surface area contributed by atoms with Gasteiger partial charge in [-0.1, -0.05) is 35.3 Å². The van der Waals surface area contributed by atoms with Crippen molar-refractivity contribution in [2.75, 3.05) is 13.2 Å². The predicted molar refractivity (Wildman–Crippen MR) is 161 cm³/mol. The largest absolute Gasteiger partial charge is 0.494 e. The molecule has 0 radical (unpaired) electrons. The number of fused-ring (bicyclic) bond motifs is 3. The lowest BCUT2D eigenvalue weighted by molar-refractivity contribution is 0.135. The third kappa shape index (κ3) is 5.45. The minimum absolute atomic E-state index is 0.0773. The number of aromatic nitrogens is 3. The van der Waals surface area contributed by atoms with E-state index in [1.54, 1.807) is 29.2 Å². The summed E-state index contributed by atoms with van der Waals surface area (Å²) < 4.78 is 14.3. The van der Waals surface area contributed by atoms with Crippen LogP contribution in [0.5, 0.6) is 17.4 Å². The second-order valence-corrected chi connectivity index (χ2v) is 11.0. The number of imidazole rings is 1. The van der Waals surface area contributed by atoms with Crippen molar-refractivity contribution in [1.29, 1.82) is 0 Å². The van der Waals surface area contributed by atoms with Gasteiger partial charge in [0.2, 0.25) is 5.88 Å². The molecule has 0 saturated carbocycles. The van der Waals surface area contributed by atoms with Crippen LogP contribution < -0.4 is 15.2 Å². The van der Waals surface area contributed by atoms with E-state index >= 15 is 0 Å². The average Bonchev–Trinajstić information content (AvgIpc) is 3.47. The zero-order valence-electron chi connectivity index (χ0n) is 22.7. The molecule has 0 aliphatic carbocycles. The number of amides is 1. The van der Waals surface area contributed by atoms with Crippen LogP contribution in [0.4, 0.5) is 4.79 Å². The van der Waals surface area contributed by atoms with Gasteiger partial charge < -0.3 is 19.6 Å². The van der Waals surface area contributed by atoms with E-state index in [-0.39, 0.29) is 11.6 Å². The Morgan fingerprint density at radius 1 is 1.02 bits per heavy atom. The van der Waals surface area contributed by atoms with Gasteiger partial charge >= 0.3 is 11.8 Å². The first kappa shape index (κ1) is 27.8. The Morgan fingerprint density at radius 3 is 2.45 bits per heavy atom. The highest BCUT2D eigenvalue weighted by Gasteiger charge is 2.35. The number of rotatable bonds is 7. The Labute approximate surface area is 251 Å². The topological polar surface area (TPSA) is 102 Å². The van der Waals surface area contributed by atoms with Gasteiger partial charge in [-0.05, 0) is 78.6 Å². The predicted octanol–water partition coefficient (Wildman–Crippen LogP) is 6.30. The first-order valence-electron chi connectivity index (χ1n) is 13.5. The van der Waals surface area contributed by atoms with Crippen LogP contribution in [-0.4, -0.2) is 43.4 Å². The molecule has 1 amide bonds. The maximum atomic E-state index is 13.5. The minimum Gasteiger partial charge on any atom is -0.494 e. The van der Waals surface area contributed by atoms with Crippen molar-refractivity contribution in [2.24, 2.45) is 7.05 Å². The number of aromatic hydroxyl groups is 1. The van der Waals surface area contributed by atoms with Crippen molar-refractivity contribution in [3.8, 4) is 17.4 Å². The van der Waals surface area contributed by atoms with Crippen LogP contribution in [0, 0.1) is 0 Å². The number of hydrogen-bond acceptors (Lipinski definition) is 5. The van der Waals surface area contributed by atoms with Crippen molar-refractivity contribution < 1.29 is 19.4 Å². The maximum absolute atomic E-state index is 13.5. The molecule has 1 aliphatic rings. The van der Waals surface area contributed by atoms with Crippen molar-refractivity contribution in [2.45, 2.75) is 25.4 Å². The maximum Gasteiger partial charge on any atom is 0.416 e. The molecule has 2 aromatic heterocycles. The smallest absolute Gasteiger partial charge is 0.416 e. The molecule has 3 aromatic carbocycles. The number of hydrogen-bond donors (Lipinski definition) is 2. The van der Waals surface area contributed by atoms with Gasteiger partial charge in [-0.25, -0.2) is 9.59 Å². The summed E-state index contributed by atoms with van der Waals surface area (Å²) >= 11 is 12.3. The molecule has 9 nitrogen and oxygen atoms in total. The summed E-state index contributed by atoms with van der Waals surface area (Å²) in [5.74, 6) is 0.998. The molecule has 2 N–H and O–H groups in total. The van der Waals surface area contributed by atoms with Gasteiger partial charge in [0.1, 0.15) is 17.5 Å². The number of benzene rings is 3. The van der Waals surface area contributed by atoms with Crippen molar-refractivity contribution in [1.82, 2.24) is 19.0 Å². The molecule has 0 bridgehead atoms. The summed E-state index contributed by atoms with van der Waals surface area (Å²) in [6.45, 7) is 1.26. The fourth-order valence-electron chi connectivity index (χ4n) is 5.37. The highest BCUT2D eigenvalue weighted by molar-refractivity contribution is 6.31. The summed E-state index contributed by atoms with van der Waals surface area (Å²) in [7, 11) is 1.52. The van der Waals surface area contributed by atoms with Gasteiger partial charge in [-0.3, -0.25) is 14.0 Å². The molecule has 42 heavy (non-hydrogen) atoms. The van der Waals surface area contributed by atoms with Crippen molar-refractivity contribution >= 4 is 40.2 Å². The number of aryl methyl sites for hydroxylation is 1. The van der Waals surface area contributed by atoms with Crippen molar-refractivity contribution in [3.63, 3.8) is 0 Å². The van der Waals surface area contributed by atoms with Gasteiger partial charge in [-0.2, -0.15) is 0 Å². The van der Waals surface area contributed by atoms with Crippen LogP contribution in [-0.2, 0) is 20.0 Å². The van der Waals surface area contributed by atoms with Gasteiger partial charge in [0.05, 0.1) is 12.8 Å². The Bertz CT molecular complexity index is 1810. The van der Waals surface area contributed by atoms with E-state index in [1.165, 1.54) is 22.4 Å². The molecule has 1 atom stereocenters. The molecular formula is C31H28Cl2N4O5. The van der Waals surface area contributed by atoms with Crippen LogP contribution in [0.25, 0.3) is 10.9 Å². The molecule has 0 fully saturated rings. The third-order valence-corrected chi connectivity index (χ3v) is 7.98. The van der Waals surface area contributed by atoms with Crippen LogP contribution in [0.1, 0.15) is 29.3 Å². The molecule has 5 aromatic rings. The van der Waals surface area contributed by atoms with E-state index < -0.39 is 12.1 Å². The summed E-state index contributed by atoms with van der Waals surface area (Å²) in [5.41, 5.74) is 3.60. The number of halogens is 2. The van der Waals surface area contributed by atoms with Crippen LogP contribution in [0.15, 0.2) is 77.7 Å². The highest BCUT2D eigenvalue weighted by atomic mass is 35.5. The molecule has 1 unspecified atom stereocenters. The average molecular weight is 607 g/mol. The summed E-state index contributed by atoms with van der Waals surface area (Å²) in [6, 6.07) is 19.6. The number of H-pyrrole nitrogens is 1. The fraction of sp³-hybridized carbons (Fsp3) is 0.226. The molecule has 1 aliphatic heterocycles. The molecule has 0 saturated heterocycles. The van der Waals surface area contributed by atoms with E-state index in [0.717, 1.165) is 27.7 Å². The lowest BCUT2D eigenvalue weighted by Gasteiger charge is -2.35. The van der Waals surface area contributed by atoms with Crippen LogP contribution >= 0.6 is 23.2 Å². The number of nitrogens with one attached hydrogen (secondary N) is 1. The van der Waals surface area contributed by atoms with Gasteiger partial charge in [0, 0.05) is 46.8 Å². The first-order valence-corrected chi connectivity index (χ1v) is 14.3. The van der Waals surface area contributed by atoms with Gasteiger partial charge in [0.25, 0.3) is 0 Å². The molecule has 3 heterocycles.